The number of ether oxygens (including phenoxy) is 1. The van der Waals surface area contributed by atoms with Crippen LogP contribution in [0.3, 0.4) is 0 Å². The van der Waals surface area contributed by atoms with Crippen LogP contribution in [0, 0.1) is 0 Å². The Morgan fingerprint density at radius 3 is 2.42 bits per heavy atom. The normalized spacial score (nSPS) is 29.4. The number of nitrogens with two attached hydrogens (primary N) is 1. The molecule has 0 aromatic rings. The van der Waals surface area contributed by atoms with Crippen LogP contribution in [0.5, 0.6) is 0 Å². The summed E-state index contributed by atoms with van der Waals surface area (Å²) >= 11 is 0. The number of hydrogen-bond donors (Lipinski definition) is 2. The van der Waals surface area contributed by atoms with Crippen molar-refractivity contribution in [2.24, 2.45) is 5.73 Å². The van der Waals surface area contributed by atoms with Gasteiger partial charge in [-0.1, -0.05) is 0 Å². The third-order valence-electron chi connectivity index (χ3n) is 4.64. The molecule has 4 atom stereocenters. The molecule has 2 heterocycles. The van der Waals surface area contributed by atoms with Gasteiger partial charge in [0, 0.05) is 6.04 Å². The van der Waals surface area contributed by atoms with Gasteiger partial charge >= 0.3 is 6.09 Å². The largest absolute Gasteiger partial charge is 0.444 e. The third-order valence-corrected chi connectivity index (χ3v) is 4.64. The molecular formula is C16H27N3O5. The van der Waals surface area contributed by atoms with Gasteiger partial charge in [-0.15, -0.1) is 0 Å². The molecule has 2 saturated heterocycles. The van der Waals surface area contributed by atoms with Crippen LogP contribution in [-0.2, 0) is 14.3 Å². The summed E-state index contributed by atoms with van der Waals surface area (Å²) in [5, 5.41) is 9.75. The SMILES string of the molecule is CC1CC[C@@]2(CN([C@H](C(N)=O)[C@@H](C)O)C2=O)N1C(=O)OC(C)(C)C. The minimum absolute atomic E-state index is 0.135. The van der Waals surface area contributed by atoms with Gasteiger partial charge in [0.05, 0.1) is 12.6 Å². The molecule has 0 bridgehead atoms. The number of hydrogen-bond acceptors (Lipinski definition) is 5. The van der Waals surface area contributed by atoms with Crippen LogP contribution in [0.4, 0.5) is 4.79 Å². The maximum atomic E-state index is 12.8. The summed E-state index contributed by atoms with van der Waals surface area (Å²) in [5.41, 5.74) is 3.64. The first-order valence-electron chi connectivity index (χ1n) is 8.21. The third kappa shape index (κ3) is 2.94. The van der Waals surface area contributed by atoms with Gasteiger partial charge in [-0.3, -0.25) is 14.5 Å². The first-order chi connectivity index (χ1) is 10.9. The number of nitrogens with zero attached hydrogens (tertiary/aromatic N) is 2. The summed E-state index contributed by atoms with van der Waals surface area (Å²) in [5.74, 6) is -1.12. The summed E-state index contributed by atoms with van der Waals surface area (Å²) in [6.07, 6.45) is -0.422. The van der Waals surface area contributed by atoms with E-state index in [9.17, 15) is 19.5 Å². The molecule has 0 aromatic heterocycles. The average molecular weight is 341 g/mol. The van der Waals surface area contributed by atoms with E-state index in [0.717, 1.165) is 0 Å². The molecule has 2 fully saturated rings. The van der Waals surface area contributed by atoms with Crippen molar-refractivity contribution in [3.8, 4) is 0 Å². The van der Waals surface area contributed by atoms with Crippen molar-refractivity contribution in [2.75, 3.05) is 6.54 Å². The Balaban J connectivity index is 2.23. The maximum Gasteiger partial charge on any atom is 0.411 e. The predicted octanol–water partition coefficient (Wildman–Crippen LogP) is 0.222. The Morgan fingerprint density at radius 2 is 2.00 bits per heavy atom. The van der Waals surface area contributed by atoms with Crippen LogP contribution < -0.4 is 5.73 Å². The topological polar surface area (TPSA) is 113 Å². The lowest BCUT2D eigenvalue weighted by Crippen LogP contribution is -2.77. The number of amides is 3. The molecule has 136 valence electrons. The molecule has 3 N–H and O–H groups in total. The lowest BCUT2D eigenvalue weighted by Gasteiger charge is -2.53. The van der Waals surface area contributed by atoms with Gasteiger partial charge in [0.15, 0.2) is 0 Å². The minimum atomic E-state index is -1.08. The highest BCUT2D eigenvalue weighted by molar-refractivity contribution is 5.99. The molecule has 0 saturated carbocycles. The molecule has 3 amide bonds. The monoisotopic (exact) mass is 341 g/mol. The second kappa shape index (κ2) is 5.91. The predicted molar refractivity (Wildman–Crippen MR) is 85.9 cm³/mol. The van der Waals surface area contributed by atoms with Crippen molar-refractivity contribution in [3.05, 3.63) is 0 Å². The summed E-state index contributed by atoms with van der Waals surface area (Å²) in [7, 11) is 0. The van der Waals surface area contributed by atoms with Crippen molar-refractivity contribution in [2.45, 2.75) is 76.8 Å². The molecule has 8 nitrogen and oxygen atoms in total. The number of likely N-dealkylation sites (tertiary alicyclic amines) is 2. The van der Waals surface area contributed by atoms with Gasteiger partial charge < -0.3 is 20.5 Å². The van der Waals surface area contributed by atoms with E-state index >= 15 is 0 Å². The quantitative estimate of drug-likeness (QED) is 0.713. The van der Waals surface area contributed by atoms with Crippen molar-refractivity contribution in [1.82, 2.24) is 9.80 Å². The zero-order valence-electron chi connectivity index (χ0n) is 14.9. The highest BCUT2D eigenvalue weighted by atomic mass is 16.6. The number of carbonyl (C=O) groups is 3. The first kappa shape index (κ1) is 18.5. The van der Waals surface area contributed by atoms with Gasteiger partial charge in [-0.05, 0) is 47.5 Å². The van der Waals surface area contributed by atoms with Crippen LogP contribution in [0.1, 0.15) is 47.5 Å². The van der Waals surface area contributed by atoms with E-state index in [-0.39, 0.29) is 18.5 Å². The number of β-lactam (4-membered cyclic amide) rings is 1. The fourth-order valence-corrected chi connectivity index (χ4v) is 3.62. The smallest absolute Gasteiger partial charge is 0.411 e. The second-order valence-corrected chi connectivity index (χ2v) is 7.79. The summed E-state index contributed by atoms with van der Waals surface area (Å²) in [6.45, 7) is 8.76. The van der Waals surface area contributed by atoms with Gasteiger partial charge in [0.1, 0.15) is 17.2 Å². The Hall–Kier alpha value is -1.83. The van der Waals surface area contributed by atoms with Crippen molar-refractivity contribution >= 4 is 17.9 Å². The molecular weight excluding hydrogens is 314 g/mol. The maximum absolute atomic E-state index is 12.8. The van der Waals surface area contributed by atoms with Crippen molar-refractivity contribution in [3.63, 3.8) is 0 Å². The molecule has 8 heteroatoms. The fourth-order valence-electron chi connectivity index (χ4n) is 3.62. The van der Waals surface area contributed by atoms with Crippen LogP contribution in [0.2, 0.25) is 0 Å². The fraction of sp³-hybridized carbons (Fsp3) is 0.812. The van der Waals surface area contributed by atoms with Crippen molar-refractivity contribution < 1.29 is 24.2 Å². The summed E-state index contributed by atoms with van der Waals surface area (Å²) < 4.78 is 5.44. The zero-order valence-corrected chi connectivity index (χ0v) is 14.9. The minimum Gasteiger partial charge on any atom is -0.444 e. The van der Waals surface area contributed by atoms with Crippen LogP contribution >= 0.6 is 0 Å². The van der Waals surface area contributed by atoms with Gasteiger partial charge in [0.2, 0.25) is 5.91 Å². The Bertz CT molecular complexity index is 556. The zero-order chi connectivity index (χ0) is 18.4. The lowest BCUT2D eigenvalue weighted by molar-refractivity contribution is -0.172. The summed E-state index contributed by atoms with van der Waals surface area (Å²) in [4.78, 5) is 39.7. The van der Waals surface area contributed by atoms with E-state index in [2.05, 4.69) is 0 Å². The standard InChI is InChI=1S/C16H27N3O5/c1-9-6-7-16(19(9)14(23)24-15(3,4)5)8-18(13(16)22)11(10(2)20)12(17)21/h9-11,20H,6-8H2,1-5H3,(H2,17,21)/t9?,10-,11+,16+/m1/s1. The molecule has 2 rings (SSSR count). The Kier molecular flexibility index (Phi) is 4.56. The van der Waals surface area contributed by atoms with Crippen molar-refractivity contribution in [1.29, 1.82) is 0 Å². The molecule has 1 spiro atoms. The Labute approximate surface area is 141 Å². The van der Waals surface area contributed by atoms with E-state index in [1.165, 1.54) is 16.7 Å². The number of primary amides is 1. The number of carbonyl (C=O) groups excluding carboxylic acids is 3. The van der Waals surface area contributed by atoms with Gasteiger partial charge in [-0.2, -0.15) is 0 Å². The second-order valence-electron chi connectivity index (χ2n) is 7.79. The molecule has 0 radical (unpaired) electrons. The molecule has 0 aromatic carbocycles. The van der Waals surface area contributed by atoms with Gasteiger partial charge in [0.25, 0.3) is 5.91 Å². The van der Waals surface area contributed by atoms with E-state index in [1.54, 1.807) is 20.8 Å². The highest BCUT2D eigenvalue weighted by Gasteiger charge is 2.64. The van der Waals surface area contributed by atoms with Crippen LogP contribution in [-0.4, -0.2) is 68.7 Å². The molecule has 24 heavy (non-hydrogen) atoms. The van der Waals surface area contributed by atoms with E-state index < -0.39 is 35.3 Å². The summed E-state index contributed by atoms with van der Waals surface area (Å²) in [6, 6.07) is -1.22. The molecule has 2 aliphatic rings. The first-order valence-corrected chi connectivity index (χ1v) is 8.21. The van der Waals surface area contributed by atoms with E-state index in [4.69, 9.17) is 10.5 Å². The molecule has 2 aliphatic heterocycles. The average Bonchev–Trinajstić information content (AvgIpc) is 2.75. The lowest BCUT2D eigenvalue weighted by atomic mass is 9.83. The highest BCUT2D eigenvalue weighted by Crippen LogP contribution is 2.43. The van der Waals surface area contributed by atoms with E-state index in [0.29, 0.717) is 12.8 Å². The van der Waals surface area contributed by atoms with E-state index in [1.807, 2.05) is 6.92 Å². The molecule has 0 aliphatic carbocycles. The molecule has 1 unspecified atom stereocenters. The Morgan fingerprint density at radius 1 is 1.42 bits per heavy atom. The van der Waals surface area contributed by atoms with Crippen LogP contribution in [0.15, 0.2) is 0 Å². The number of aliphatic hydroxyl groups excluding tert-OH is 1. The number of rotatable bonds is 3. The van der Waals surface area contributed by atoms with Gasteiger partial charge in [-0.25, -0.2) is 4.79 Å². The number of aliphatic hydroxyl groups is 1. The van der Waals surface area contributed by atoms with Crippen LogP contribution in [0.25, 0.3) is 0 Å².